The lowest BCUT2D eigenvalue weighted by molar-refractivity contribution is -0.143. The fourth-order valence-corrected chi connectivity index (χ4v) is 4.92. The minimum atomic E-state index is -5.02. The van der Waals surface area contributed by atoms with Crippen LogP contribution in [0.2, 0.25) is 0 Å². The maximum absolute atomic E-state index is 13.2. The summed E-state index contributed by atoms with van der Waals surface area (Å²) in [5.41, 5.74) is -2.00. The van der Waals surface area contributed by atoms with Crippen molar-refractivity contribution in [1.82, 2.24) is 4.90 Å². The van der Waals surface area contributed by atoms with Crippen LogP contribution in [0.1, 0.15) is 38.0 Å². The highest BCUT2D eigenvalue weighted by Crippen LogP contribution is 2.41. The standard InChI is InChI=1S/C25H19F6NO2S/c26-24(27,28)19-12-18(13-20(14-19)25(29,30)31)22(33)32-10-11-35-23(32)17-6-8-21(9-7-17)34-15-16-4-2-1-3-5-16/h1-9,12-14,23H,10-11,15H2. The second kappa shape index (κ2) is 9.85. The summed E-state index contributed by atoms with van der Waals surface area (Å²) < 4.78 is 85.1. The molecule has 0 radical (unpaired) electrons. The average molecular weight is 511 g/mol. The number of halogens is 6. The molecular weight excluding hydrogens is 492 g/mol. The van der Waals surface area contributed by atoms with Crippen molar-refractivity contribution < 1.29 is 35.9 Å². The van der Waals surface area contributed by atoms with Gasteiger partial charge in [-0.15, -0.1) is 11.8 Å². The zero-order chi connectivity index (χ0) is 25.2. The number of amides is 1. The summed E-state index contributed by atoms with van der Waals surface area (Å²) in [6, 6.07) is 17.4. The van der Waals surface area contributed by atoms with Crippen molar-refractivity contribution in [3.05, 3.63) is 101 Å². The van der Waals surface area contributed by atoms with Crippen LogP contribution in [-0.4, -0.2) is 23.1 Å². The van der Waals surface area contributed by atoms with Crippen LogP contribution in [0.4, 0.5) is 26.3 Å². The van der Waals surface area contributed by atoms with Crippen LogP contribution in [0.5, 0.6) is 5.75 Å². The van der Waals surface area contributed by atoms with Crippen molar-refractivity contribution in [2.24, 2.45) is 0 Å². The highest BCUT2D eigenvalue weighted by molar-refractivity contribution is 7.99. The van der Waals surface area contributed by atoms with Gasteiger partial charge in [0.1, 0.15) is 17.7 Å². The number of carbonyl (C=O) groups is 1. The molecule has 10 heteroatoms. The molecule has 1 fully saturated rings. The number of hydrogen-bond acceptors (Lipinski definition) is 3. The van der Waals surface area contributed by atoms with Crippen LogP contribution < -0.4 is 4.74 Å². The first kappa shape index (κ1) is 25.0. The van der Waals surface area contributed by atoms with E-state index in [-0.39, 0.29) is 12.6 Å². The van der Waals surface area contributed by atoms with Crippen LogP contribution in [0.25, 0.3) is 0 Å². The molecule has 184 valence electrons. The molecule has 1 amide bonds. The molecule has 1 saturated heterocycles. The minimum absolute atomic E-state index is 0.0150. The molecule has 3 aromatic rings. The third-order valence-corrected chi connectivity index (χ3v) is 6.66. The molecule has 0 aliphatic carbocycles. The topological polar surface area (TPSA) is 29.5 Å². The first-order valence-electron chi connectivity index (χ1n) is 10.5. The molecular formula is C25H19F6NO2S. The quantitative estimate of drug-likeness (QED) is 0.340. The first-order valence-corrected chi connectivity index (χ1v) is 11.6. The van der Waals surface area contributed by atoms with Gasteiger partial charge in [0.25, 0.3) is 5.91 Å². The summed E-state index contributed by atoms with van der Waals surface area (Å²) in [5, 5.41) is -0.547. The third kappa shape index (κ3) is 5.93. The summed E-state index contributed by atoms with van der Waals surface area (Å²) in [7, 11) is 0. The maximum atomic E-state index is 13.2. The first-order chi connectivity index (χ1) is 16.5. The Bertz CT molecular complexity index is 1150. The molecule has 0 saturated carbocycles. The number of hydrogen-bond donors (Lipinski definition) is 0. The van der Waals surface area contributed by atoms with Crippen LogP contribution in [-0.2, 0) is 19.0 Å². The third-order valence-electron chi connectivity index (χ3n) is 5.40. The van der Waals surface area contributed by atoms with E-state index in [4.69, 9.17) is 4.74 Å². The Hall–Kier alpha value is -3.14. The fourth-order valence-electron chi connectivity index (χ4n) is 3.67. The number of benzene rings is 3. The predicted octanol–water partition coefficient (Wildman–Crippen LogP) is 7.19. The Labute approximate surface area is 201 Å². The molecule has 4 rings (SSSR count). The van der Waals surface area contributed by atoms with Gasteiger partial charge in [-0.2, -0.15) is 26.3 Å². The second-order valence-corrected chi connectivity index (χ2v) is 9.05. The predicted molar refractivity (Wildman–Crippen MR) is 120 cm³/mol. The van der Waals surface area contributed by atoms with Gasteiger partial charge >= 0.3 is 12.4 Å². The molecule has 1 atom stereocenters. The van der Waals surface area contributed by atoms with Crippen LogP contribution in [0.3, 0.4) is 0 Å². The number of alkyl halides is 6. The van der Waals surface area contributed by atoms with Crippen molar-refractivity contribution in [1.29, 1.82) is 0 Å². The van der Waals surface area contributed by atoms with Crippen molar-refractivity contribution in [2.75, 3.05) is 12.3 Å². The summed E-state index contributed by atoms with van der Waals surface area (Å²) in [6.07, 6.45) is -10.0. The Morgan fingerprint density at radius 3 is 2.06 bits per heavy atom. The Morgan fingerprint density at radius 1 is 0.886 bits per heavy atom. The Balaban J connectivity index is 1.54. The van der Waals surface area contributed by atoms with Crippen LogP contribution in [0.15, 0.2) is 72.8 Å². The van der Waals surface area contributed by atoms with Gasteiger partial charge in [-0.05, 0) is 41.5 Å². The average Bonchev–Trinajstić information content (AvgIpc) is 3.32. The lowest BCUT2D eigenvalue weighted by atomic mass is 10.0. The number of rotatable bonds is 5. The van der Waals surface area contributed by atoms with Crippen LogP contribution in [0, 0.1) is 0 Å². The molecule has 1 unspecified atom stereocenters. The second-order valence-electron chi connectivity index (χ2n) is 7.86. The highest BCUT2D eigenvalue weighted by atomic mass is 32.2. The molecule has 1 heterocycles. The van der Waals surface area contributed by atoms with Gasteiger partial charge in [-0.25, -0.2) is 0 Å². The van der Waals surface area contributed by atoms with E-state index < -0.39 is 40.3 Å². The van der Waals surface area contributed by atoms with E-state index in [1.807, 2.05) is 30.3 Å². The van der Waals surface area contributed by atoms with Gasteiger partial charge in [0.15, 0.2) is 0 Å². The van der Waals surface area contributed by atoms with Gasteiger partial charge in [0.2, 0.25) is 0 Å². The zero-order valence-electron chi connectivity index (χ0n) is 18.1. The van der Waals surface area contributed by atoms with Crippen molar-refractivity contribution in [3.63, 3.8) is 0 Å². The lowest BCUT2D eigenvalue weighted by Gasteiger charge is -2.25. The molecule has 0 bridgehead atoms. The monoisotopic (exact) mass is 511 g/mol. The van der Waals surface area contributed by atoms with Crippen molar-refractivity contribution in [3.8, 4) is 5.75 Å². The van der Waals surface area contributed by atoms with Gasteiger partial charge in [0, 0.05) is 17.9 Å². The zero-order valence-corrected chi connectivity index (χ0v) is 18.9. The van der Waals surface area contributed by atoms with E-state index in [1.54, 1.807) is 24.3 Å². The summed E-state index contributed by atoms with van der Waals surface area (Å²) >= 11 is 1.38. The highest BCUT2D eigenvalue weighted by Gasteiger charge is 2.39. The molecule has 0 spiro atoms. The van der Waals surface area contributed by atoms with Gasteiger partial charge in [-0.3, -0.25) is 4.79 Å². The van der Waals surface area contributed by atoms with E-state index in [0.29, 0.717) is 35.8 Å². The smallest absolute Gasteiger partial charge is 0.416 e. The molecule has 1 aliphatic rings. The van der Waals surface area contributed by atoms with E-state index in [2.05, 4.69) is 0 Å². The lowest BCUT2D eigenvalue weighted by Crippen LogP contribution is -2.31. The molecule has 3 nitrogen and oxygen atoms in total. The largest absolute Gasteiger partial charge is 0.489 e. The molecule has 35 heavy (non-hydrogen) atoms. The van der Waals surface area contributed by atoms with Gasteiger partial charge < -0.3 is 9.64 Å². The Morgan fingerprint density at radius 2 is 1.49 bits per heavy atom. The van der Waals surface area contributed by atoms with E-state index in [9.17, 15) is 31.1 Å². The minimum Gasteiger partial charge on any atom is -0.489 e. The molecule has 0 N–H and O–H groups in total. The number of ether oxygens (including phenoxy) is 1. The normalized spacial score (nSPS) is 16.4. The maximum Gasteiger partial charge on any atom is 0.416 e. The number of thioether (sulfide) groups is 1. The Kier molecular flexibility index (Phi) is 7.02. The summed E-state index contributed by atoms with van der Waals surface area (Å²) in [6.45, 7) is 0.554. The van der Waals surface area contributed by atoms with Gasteiger partial charge in [0.05, 0.1) is 11.1 Å². The van der Waals surface area contributed by atoms with Crippen molar-refractivity contribution in [2.45, 2.75) is 24.3 Å². The SMILES string of the molecule is O=C(c1cc(C(F)(F)F)cc(C(F)(F)F)c1)N1CCSC1c1ccc(OCc2ccccc2)cc1. The number of carbonyl (C=O) groups excluding carboxylic acids is 1. The van der Waals surface area contributed by atoms with E-state index >= 15 is 0 Å². The number of nitrogens with zero attached hydrogens (tertiary/aromatic N) is 1. The van der Waals surface area contributed by atoms with Crippen molar-refractivity contribution >= 4 is 17.7 Å². The molecule has 3 aromatic carbocycles. The summed E-state index contributed by atoms with van der Waals surface area (Å²) in [5.74, 6) is 0.195. The van der Waals surface area contributed by atoms with E-state index in [0.717, 1.165) is 5.56 Å². The fraction of sp³-hybridized carbons (Fsp3) is 0.240. The van der Waals surface area contributed by atoms with Gasteiger partial charge in [-0.1, -0.05) is 42.5 Å². The van der Waals surface area contributed by atoms with E-state index in [1.165, 1.54) is 16.7 Å². The molecule has 1 aliphatic heterocycles. The van der Waals surface area contributed by atoms with Crippen LogP contribution >= 0.6 is 11.8 Å². The summed E-state index contributed by atoms with van der Waals surface area (Å²) in [4.78, 5) is 14.4. The molecule has 0 aromatic heterocycles.